The predicted octanol–water partition coefficient (Wildman–Crippen LogP) is 2.84. The van der Waals surface area contributed by atoms with E-state index in [9.17, 15) is 4.39 Å². The van der Waals surface area contributed by atoms with E-state index in [1.54, 1.807) is 6.07 Å². The van der Waals surface area contributed by atoms with Crippen molar-refractivity contribution in [2.75, 3.05) is 0 Å². The number of aromatic nitrogens is 1. The number of hydrogen-bond acceptors (Lipinski definition) is 2. The molecule has 0 atom stereocenters. The van der Waals surface area contributed by atoms with Crippen LogP contribution in [-0.4, -0.2) is 4.98 Å². The highest BCUT2D eigenvalue weighted by atomic mass is 19.1. The van der Waals surface area contributed by atoms with Gasteiger partial charge in [-0.05, 0) is 35.2 Å². The third-order valence-corrected chi connectivity index (χ3v) is 3.29. The molecule has 0 fully saturated rings. The van der Waals surface area contributed by atoms with Crippen LogP contribution in [0.2, 0.25) is 0 Å². The standard InChI is InChI=1S/C17H21FN2O/c1-17(2,3)12-7-8-16(15(18)9-12)21-11-14-6-4-5-13(10-19)20-14/h4-9H,10-11,19H2,1-3H3/p+1. The molecule has 3 nitrogen and oxygen atoms in total. The van der Waals surface area contributed by atoms with Gasteiger partial charge in [-0.15, -0.1) is 0 Å². The van der Waals surface area contributed by atoms with Gasteiger partial charge in [-0.3, -0.25) is 0 Å². The lowest BCUT2D eigenvalue weighted by molar-refractivity contribution is -0.387. The van der Waals surface area contributed by atoms with E-state index in [4.69, 9.17) is 4.74 Å². The van der Waals surface area contributed by atoms with E-state index in [0.29, 0.717) is 6.54 Å². The van der Waals surface area contributed by atoms with Gasteiger partial charge in [0, 0.05) is 0 Å². The Labute approximate surface area is 125 Å². The van der Waals surface area contributed by atoms with E-state index in [2.05, 4.69) is 31.5 Å². The van der Waals surface area contributed by atoms with Gasteiger partial charge in [-0.1, -0.05) is 32.9 Å². The van der Waals surface area contributed by atoms with E-state index >= 15 is 0 Å². The molecular formula is C17H22FN2O+. The van der Waals surface area contributed by atoms with Gasteiger partial charge < -0.3 is 10.5 Å². The molecule has 2 rings (SSSR count). The van der Waals surface area contributed by atoms with Gasteiger partial charge in [-0.25, -0.2) is 9.37 Å². The Morgan fingerprint density at radius 1 is 1.14 bits per heavy atom. The smallest absolute Gasteiger partial charge is 0.165 e. The quantitative estimate of drug-likeness (QED) is 0.941. The summed E-state index contributed by atoms with van der Waals surface area (Å²) in [5.74, 6) is -0.0828. The van der Waals surface area contributed by atoms with Gasteiger partial charge in [0.15, 0.2) is 11.6 Å². The second kappa shape index (κ2) is 6.22. The van der Waals surface area contributed by atoms with Crippen LogP contribution in [0.4, 0.5) is 4.39 Å². The van der Waals surface area contributed by atoms with Crippen LogP contribution in [0.5, 0.6) is 5.75 Å². The Kier molecular flexibility index (Phi) is 4.58. The zero-order chi connectivity index (χ0) is 15.5. The summed E-state index contributed by atoms with van der Waals surface area (Å²) in [6.07, 6.45) is 0. The molecule has 0 spiro atoms. The maximum absolute atomic E-state index is 14.1. The summed E-state index contributed by atoms with van der Waals surface area (Å²) in [6.45, 7) is 7.03. The molecule has 0 saturated carbocycles. The van der Waals surface area contributed by atoms with Crippen LogP contribution < -0.4 is 10.5 Å². The summed E-state index contributed by atoms with van der Waals surface area (Å²) in [5, 5.41) is 0. The second-order valence-corrected chi connectivity index (χ2v) is 6.05. The van der Waals surface area contributed by atoms with Crippen molar-refractivity contribution in [2.24, 2.45) is 0 Å². The number of nitrogens with zero attached hydrogens (tertiary/aromatic N) is 1. The highest BCUT2D eigenvalue weighted by molar-refractivity contribution is 5.33. The average molecular weight is 289 g/mol. The average Bonchev–Trinajstić information content (AvgIpc) is 2.45. The molecular weight excluding hydrogens is 267 g/mol. The van der Waals surface area contributed by atoms with E-state index in [0.717, 1.165) is 17.0 Å². The lowest BCUT2D eigenvalue weighted by atomic mass is 9.87. The molecule has 21 heavy (non-hydrogen) atoms. The first kappa shape index (κ1) is 15.4. The fraction of sp³-hybridized carbons (Fsp3) is 0.353. The highest BCUT2D eigenvalue weighted by Crippen LogP contribution is 2.27. The SMILES string of the molecule is CC(C)(C)c1ccc(OCc2cccc(C[NH3+])n2)c(F)c1. The maximum atomic E-state index is 14.1. The molecule has 3 N–H and O–H groups in total. The number of rotatable bonds is 4. The lowest BCUT2D eigenvalue weighted by Gasteiger charge is -2.19. The lowest BCUT2D eigenvalue weighted by Crippen LogP contribution is -2.47. The molecule has 112 valence electrons. The first-order valence-corrected chi connectivity index (χ1v) is 7.07. The van der Waals surface area contributed by atoms with Crippen LogP contribution in [0.1, 0.15) is 37.7 Å². The minimum Gasteiger partial charge on any atom is -0.484 e. The van der Waals surface area contributed by atoms with Crippen molar-refractivity contribution in [3.63, 3.8) is 0 Å². The fourth-order valence-electron chi connectivity index (χ4n) is 1.98. The van der Waals surface area contributed by atoms with E-state index in [1.807, 2.05) is 24.3 Å². The molecule has 2 aromatic rings. The van der Waals surface area contributed by atoms with Crippen LogP contribution in [-0.2, 0) is 18.6 Å². The van der Waals surface area contributed by atoms with Crippen LogP contribution in [0.3, 0.4) is 0 Å². The molecule has 0 unspecified atom stereocenters. The number of quaternary nitrogens is 1. The van der Waals surface area contributed by atoms with Crippen molar-refractivity contribution in [3.8, 4) is 5.75 Å². The molecule has 1 aromatic heterocycles. The Morgan fingerprint density at radius 2 is 1.86 bits per heavy atom. The maximum Gasteiger partial charge on any atom is 0.165 e. The molecule has 0 aliphatic carbocycles. The van der Waals surface area contributed by atoms with Gasteiger partial charge >= 0.3 is 0 Å². The molecule has 1 aromatic carbocycles. The normalized spacial score (nSPS) is 11.5. The monoisotopic (exact) mass is 289 g/mol. The number of hydrogen-bond donors (Lipinski definition) is 1. The summed E-state index contributed by atoms with van der Waals surface area (Å²) >= 11 is 0. The minimum absolute atomic E-state index is 0.0800. The molecule has 0 aliphatic rings. The van der Waals surface area contributed by atoms with Gasteiger partial charge in [0.25, 0.3) is 0 Å². The zero-order valence-electron chi connectivity index (χ0n) is 12.8. The Bertz CT molecular complexity index is 620. The van der Waals surface area contributed by atoms with Crippen molar-refractivity contribution >= 4 is 0 Å². The van der Waals surface area contributed by atoms with Gasteiger partial charge in [0.05, 0.1) is 11.4 Å². The summed E-state index contributed by atoms with van der Waals surface area (Å²) in [7, 11) is 0. The Hall–Kier alpha value is -1.94. The fourth-order valence-corrected chi connectivity index (χ4v) is 1.98. The van der Waals surface area contributed by atoms with Gasteiger partial charge in [0.2, 0.25) is 0 Å². The number of pyridine rings is 1. The molecule has 0 amide bonds. The van der Waals surface area contributed by atoms with Crippen LogP contribution in [0.15, 0.2) is 36.4 Å². The summed E-state index contributed by atoms with van der Waals surface area (Å²) < 4.78 is 19.6. The van der Waals surface area contributed by atoms with Crippen molar-refractivity contribution in [1.29, 1.82) is 0 Å². The van der Waals surface area contributed by atoms with Gasteiger partial charge in [-0.2, -0.15) is 0 Å². The number of halogens is 1. The van der Waals surface area contributed by atoms with E-state index in [-0.39, 0.29) is 23.6 Å². The molecule has 0 aliphatic heterocycles. The van der Waals surface area contributed by atoms with Crippen molar-refractivity contribution in [3.05, 3.63) is 59.2 Å². The molecule has 0 radical (unpaired) electrons. The number of ether oxygens (including phenoxy) is 1. The van der Waals surface area contributed by atoms with Crippen molar-refractivity contribution < 1.29 is 14.9 Å². The topological polar surface area (TPSA) is 49.8 Å². The zero-order valence-corrected chi connectivity index (χ0v) is 12.8. The molecule has 0 saturated heterocycles. The van der Waals surface area contributed by atoms with E-state index in [1.165, 1.54) is 6.07 Å². The van der Waals surface area contributed by atoms with Crippen LogP contribution in [0, 0.1) is 5.82 Å². The molecule has 4 heteroatoms. The van der Waals surface area contributed by atoms with Gasteiger partial charge in [0.1, 0.15) is 13.2 Å². The van der Waals surface area contributed by atoms with Crippen molar-refractivity contribution in [1.82, 2.24) is 4.98 Å². The van der Waals surface area contributed by atoms with E-state index < -0.39 is 0 Å². The first-order valence-electron chi connectivity index (χ1n) is 7.07. The summed E-state index contributed by atoms with van der Waals surface area (Å²) in [4.78, 5) is 4.38. The van der Waals surface area contributed by atoms with Crippen LogP contribution >= 0.6 is 0 Å². The number of benzene rings is 1. The van der Waals surface area contributed by atoms with Crippen molar-refractivity contribution in [2.45, 2.75) is 39.3 Å². The summed E-state index contributed by atoms with van der Waals surface area (Å²) in [6, 6.07) is 10.8. The first-order chi connectivity index (χ1) is 9.90. The Morgan fingerprint density at radius 3 is 2.48 bits per heavy atom. The molecule has 0 bridgehead atoms. The molecule has 1 heterocycles. The highest BCUT2D eigenvalue weighted by Gasteiger charge is 2.16. The largest absolute Gasteiger partial charge is 0.484 e. The minimum atomic E-state index is -0.337. The second-order valence-electron chi connectivity index (χ2n) is 6.05. The Balaban J connectivity index is 2.10. The van der Waals surface area contributed by atoms with Crippen LogP contribution in [0.25, 0.3) is 0 Å². The predicted molar refractivity (Wildman–Crippen MR) is 80.3 cm³/mol. The summed E-state index contributed by atoms with van der Waals surface area (Å²) in [5.41, 5.74) is 6.34. The third-order valence-electron chi connectivity index (χ3n) is 3.29. The third kappa shape index (κ3) is 4.02.